The minimum absolute atomic E-state index is 0.104. The molecule has 21 heavy (non-hydrogen) atoms. The highest BCUT2D eigenvalue weighted by Crippen LogP contribution is 2.22. The van der Waals surface area contributed by atoms with Crippen LogP contribution in [0.5, 0.6) is 0 Å². The van der Waals surface area contributed by atoms with Gasteiger partial charge in [0.05, 0.1) is 5.02 Å². The lowest BCUT2D eigenvalue weighted by Gasteiger charge is -2.10. The second-order valence-corrected chi connectivity index (χ2v) is 6.75. The third-order valence-corrected chi connectivity index (χ3v) is 4.86. The SMILES string of the molecule is CNCc1ccc(Cl)c(S(=O)(=O)NCc2ccccc2)c1. The first kappa shape index (κ1) is 16.0. The summed E-state index contributed by atoms with van der Waals surface area (Å²) in [6, 6.07) is 14.3. The first-order valence-electron chi connectivity index (χ1n) is 6.49. The van der Waals surface area contributed by atoms with E-state index in [1.807, 2.05) is 30.3 Å². The fourth-order valence-corrected chi connectivity index (χ4v) is 3.49. The van der Waals surface area contributed by atoms with Crippen molar-refractivity contribution < 1.29 is 8.42 Å². The van der Waals surface area contributed by atoms with Crippen LogP contribution in [0.15, 0.2) is 53.4 Å². The van der Waals surface area contributed by atoms with Gasteiger partial charge in [0.15, 0.2) is 0 Å². The van der Waals surface area contributed by atoms with Crippen LogP contribution < -0.4 is 10.0 Å². The number of nitrogens with one attached hydrogen (secondary N) is 2. The van der Waals surface area contributed by atoms with Gasteiger partial charge < -0.3 is 5.32 Å². The molecule has 0 amide bonds. The molecule has 0 aromatic heterocycles. The van der Waals surface area contributed by atoms with Crippen LogP contribution in [0.1, 0.15) is 11.1 Å². The Hall–Kier alpha value is -1.40. The molecule has 2 rings (SSSR count). The van der Waals surface area contributed by atoms with Crippen LogP contribution in [-0.2, 0) is 23.1 Å². The second-order valence-electron chi connectivity index (χ2n) is 4.61. The highest BCUT2D eigenvalue weighted by Gasteiger charge is 2.18. The van der Waals surface area contributed by atoms with Crippen LogP contribution in [0.3, 0.4) is 0 Å². The molecule has 0 radical (unpaired) electrons. The van der Waals surface area contributed by atoms with Crippen LogP contribution in [0.2, 0.25) is 5.02 Å². The number of halogens is 1. The van der Waals surface area contributed by atoms with E-state index in [-0.39, 0.29) is 16.5 Å². The second kappa shape index (κ2) is 7.04. The third kappa shape index (κ3) is 4.28. The van der Waals surface area contributed by atoms with E-state index in [1.54, 1.807) is 25.2 Å². The number of rotatable bonds is 6. The van der Waals surface area contributed by atoms with Crippen LogP contribution in [0.4, 0.5) is 0 Å². The molecule has 2 aromatic rings. The summed E-state index contributed by atoms with van der Waals surface area (Å²) >= 11 is 6.02. The lowest BCUT2D eigenvalue weighted by molar-refractivity contribution is 0.581. The molecule has 2 aromatic carbocycles. The van der Waals surface area contributed by atoms with Crippen LogP contribution >= 0.6 is 11.6 Å². The van der Waals surface area contributed by atoms with Crippen molar-refractivity contribution in [3.05, 3.63) is 64.7 Å². The lowest BCUT2D eigenvalue weighted by atomic mass is 10.2. The first-order valence-corrected chi connectivity index (χ1v) is 8.35. The molecule has 0 aliphatic heterocycles. The van der Waals surface area contributed by atoms with Crippen molar-refractivity contribution >= 4 is 21.6 Å². The van der Waals surface area contributed by atoms with E-state index in [1.165, 1.54) is 0 Å². The Balaban J connectivity index is 2.21. The van der Waals surface area contributed by atoms with E-state index in [4.69, 9.17) is 11.6 Å². The van der Waals surface area contributed by atoms with Crippen molar-refractivity contribution in [2.75, 3.05) is 7.05 Å². The van der Waals surface area contributed by atoms with Gasteiger partial charge in [-0.25, -0.2) is 13.1 Å². The summed E-state index contributed by atoms with van der Waals surface area (Å²) in [6.45, 7) is 0.814. The minimum Gasteiger partial charge on any atom is -0.316 e. The topological polar surface area (TPSA) is 58.2 Å². The Morgan fingerprint density at radius 3 is 2.38 bits per heavy atom. The highest BCUT2D eigenvalue weighted by molar-refractivity contribution is 7.89. The van der Waals surface area contributed by atoms with Crippen molar-refractivity contribution in [3.8, 4) is 0 Å². The van der Waals surface area contributed by atoms with Crippen molar-refractivity contribution in [2.45, 2.75) is 18.0 Å². The van der Waals surface area contributed by atoms with Gasteiger partial charge >= 0.3 is 0 Å². The summed E-state index contributed by atoms with van der Waals surface area (Å²) in [5.74, 6) is 0. The quantitative estimate of drug-likeness (QED) is 0.858. The van der Waals surface area contributed by atoms with Crippen molar-refractivity contribution in [1.82, 2.24) is 10.0 Å². The molecule has 0 aliphatic carbocycles. The van der Waals surface area contributed by atoms with Gasteiger partial charge in [0.1, 0.15) is 4.90 Å². The third-order valence-electron chi connectivity index (χ3n) is 2.98. The molecule has 0 saturated heterocycles. The number of sulfonamides is 1. The summed E-state index contributed by atoms with van der Waals surface area (Å²) in [7, 11) is -1.84. The molecule has 0 saturated carbocycles. The fourth-order valence-electron chi connectivity index (χ4n) is 1.92. The van der Waals surface area contributed by atoms with E-state index < -0.39 is 10.0 Å². The van der Waals surface area contributed by atoms with Crippen LogP contribution in [0, 0.1) is 0 Å². The molecule has 6 heteroatoms. The molecular weight excluding hydrogens is 308 g/mol. The fraction of sp³-hybridized carbons (Fsp3) is 0.200. The van der Waals surface area contributed by atoms with Gasteiger partial charge in [-0.15, -0.1) is 0 Å². The summed E-state index contributed by atoms with van der Waals surface area (Å²) in [4.78, 5) is 0.104. The smallest absolute Gasteiger partial charge is 0.242 e. The van der Waals surface area contributed by atoms with E-state index in [2.05, 4.69) is 10.0 Å². The summed E-state index contributed by atoms with van der Waals surface area (Å²) in [5, 5.41) is 3.20. The van der Waals surface area contributed by atoms with E-state index in [0.717, 1.165) is 11.1 Å². The van der Waals surface area contributed by atoms with E-state index in [0.29, 0.717) is 6.54 Å². The van der Waals surface area contributed by atoms with E-state index >= 15 is 0 Å². The molecule has 0 spiro atoms. The molecular formula is C15H17ClN2O2S. The van der Waals surface area contributed by atoms with Gasteiger partial charge in [-0.3, -0.25) is 0 Å². The van der Waals surface area contributed by atoms with Gasteiger partial charge in [0, 0.05) is 13.1 Å². The van der Waals surface area contributed by atoms with Gasteiger partial charge in [-0.1, -0.05) is 48.0 Å². The summed E-state index contributed by atoms with van der Waals surface area (Å²) in [6.07, 6.45) is 0. The van der Waals surface area contributed by atoms with Crippen molar-refractivity contribution in [3.63, 3.8) is 0 Å². The monoisotopic (exact) mass is 324 g/mol. The molecule has 112 valence electrons. The standard InChI is InChI=1S/C15H17ClN2O2S/c1-17-10-13-7-8-14(16)15(9-13)21(19,20)18-11-12-5-3-2-4-6-12/h2-9,17-18H,10-11H2,1H3. The van der Waals surface area contributed by atoms with Gasteiger partial charge in [-0.05, 0) is 30.3 Å². The predicted molar refractivity (Wildman–Crippen MR) is 84.7 cm³/mol. The maximum absolute atomic E-state index is 12.4. The number of hydrogen-bond donors (Lipinski definition) is 2. The van der Waals surface area contributed by atoms with Gasteiger partial charge in [0.2, 0.25) is 10.0 Å². The largest absolute Gasteiger partial charge is 0.316 e. The normalized spacial score (nSPS) is 11.5. The van der Waals surface area contributed by atoms with Crippen LogP contribution in [0.25, 0.3) is 0 Å². The maximum atomic E-state index is 12.4. The Bertz CT molecular complexity index is 703. The minimum atomic E-state index is -3.64. The molecule has 0 fully saturated rings. The van der Waals surface area contributed by atoms with Gasteiger partial charge in [0.25, 0.3) is 0 Å². The molecule has 4 nitrogen and oxygen atoms in total. The Morgan fingerprint density at radius 2 is 1.71 bits per heavy atom. The van der Waals surface area contributed by atoms with Crippen LogP contribution in [-0.4, -0.2) is 15.5 Å². The summed E-state index contributed by atoms with van der Waals surface area (Å²) < 4.78 is 27.3. The van der Waals surface area contributed by atoms with Crippen molar-refractivity contribution in [2.24, 2.45) is 0 Å². The average Bonchev–Trinajstić information content (AvgIpc) is 2.48. The predicted octanol–water partition coefficient (Wildman–Crippen LogP) is 2.54. The van der Waals surface area contributed by atoms with E-state index in [9.17, 15) is 8.42 Å². The highest BCUT2D eigenvalue weighted by atomic mass is 35.5. The Labute approximate surface area is 130 Å². The molecule has 0 aliphatic rings. The maximum Gasteiger partial charge on any atom is 0.242 e. The molecule has 2 N–H and O–H groups in total. The Kier molecular flexibility index (Phi) is 5.36. The molecule has 0 unspecified atom stereocenters. The zero-order valence-electron chi connectivity index (χ0n) is 11.6. The number of benzene rings is 2. The average molecular weight is 325 g/mol. The Morgan fingerprint density at radius 1 is 1.00 bits per heavy atom. The molecule has 0 heterocycles. The first-order chi connectivity index (χ1) is 10.0. The van der Waals surface area contributed by atoms with Gasteiger partial charge in [-0.2, -0.15) is 0 Å². The molecule has 0 atom stereocenters. The van der Waals surface area contributed by atoms with Crippen molar-refractivity contribution in [1.29, 1.82) is 0 Å². The lowest BCUT2D eigenvalue weighted by Crippen LogP contribution is -2.23. The summed E-state index contributed by atoms with van der Waals surface area (Å²) in [5.41, 5.74) is 1.76. The molecule has 0 bridgehead atoms. The zero-order chi connectivity index (χ0) is 15.3. The number of hydrogen-bond acceptors (Lipinski definition) is 3. The zero-order valence-corrected chi connectivity index (χ0v) is 13.2.